The van der Waals surface area contributed by atoms with Crippen molar-refractivity contribution in [1.82, 2.24) is 0 Å². The van der Waals surface area contributed by atoms with E-state index in [1.54, 1.807) is 31.4 Å². The number of aliphatic hydroxyl groups is 1. The minimum atomic E-state index is -0.447. The lowest BCUT2D eigenvalue weighted by atomic mass is 9.83. The fraction of sp³-hybridized carbons (Fsp3) is 0.471. The van der Waals surface area contributed by atoms with E-state index in [-0.39, 0.29) is 12.6 Å². The summed E-state index contributed by atoms with van der Waals surface area (Å²) < 4.78 is 9.72. The summed E-state index contributed by atoms with van der Waals surface area (Å²) in [6.45, 7) is 2.56. The van der Waals surface area contributed by atoms with Crippen molar-refractivity contribution in [2.45, 2.75) is 19.8 Å². The maximum atomic E-state index is 11.3. The average molecular weight is 290 g/mol. The molecule has 1 aromatic carbocycles. The highest BCUT2D eigenvalue weighted by Crippen LogP contribution is 2.25. The normalized spacial score (nSPS) is 13.0. The molecule has 4 heteroatoms. The predicted molar refractivity (Wildman–Crippen MR) is 81.0 cm³/mol. The first-order valence-electron chi connectivity index (χ1n) is 6.92. The number of ether oxygens (including phenoxy) is 2. The molecule has 1 aromatic rings. The Hall–Kier alpha value is -1.83. The second-order valence-electron chi connectivity index (χ2n) is 4.85. The van der Waals surface area contributed by atoms with Crippen LogP contribution in [0, 0.1) is 17.3 Å². The van der Waals surface area contributed by atoms with Crippen molar-refractivity contribution < 1.29 is 19.4 Å². The number of hydrogen-bond acceptors (Lipinski definition) is 4. The van der Waals surface area contributed by atoms with E-state index in [9.17, 15) is 9.90 Å². The predicted octanol–water partition coefficient (Wildman–Crippen LogP) is 2.25. The molecule has 1 unspecified atom stereocenters. The summed E-state index contributed by atoms with van der Waals surface area (Å²) >= 11 is 0. The highest BCUT2D eigenvalue weighted by molar-refractivity contribution is 5.89. The maximum Gasteiger partial charge on any atom is 0.337 e. The first kappa shape index (κ1) is 17.2. The average Bonchev–Trinajstić information content (AvgIpc) is 2.55. The number of carbonyl (C=O) groups is 1. The van der Waals surface area contributed by atoms with E-state index in [1.165, 1.54) is 7.11 Å². The largest absolute Gasteiger partial charge is 0.465 e. The molecule has 0 radical (unpaired) electrons. The van der Waals surface area contributed by atoms with Crippen molar-refractivity contribution in [2.75, 3.05) is 27.4 Å². The second kappa shape index (κ2) is 8.46. The third-order valence-electron chi connectivity index (χ3n) is 3.54. The molecule has 0 amide bonds. The Morgan fingerprint density at radius 2 is 1.95 bits per heavy atom. The van der Waals surface area contributed by atoms with Gasteiger partial charge in [-0.25, -0.2) is 4.79 Å². The summed E-state index contributed by atoms with van der Waals surface area (Å²) in [5.74, 6) is 5.85. The SMILES string of the molecule is CCC(C#Cc1ccc(C(=O)OC)cc1)(CO)CCOC. The van der Waals surface area contributed by atoms with E-state index in [0.717, 1.165) is 12.0 Å². The van der Waals surface area contributed by atoms with Crippen LogP contribution >= 0.6 is 0 Å². The maximum absolute atomic E-state index is 11.3. The third-order valence-corrected chi connectivity index (χ3v) is 3.54. The fourth-order valence-corrected chi connectivity index (χ4v) is 1.87. The number of carbonyl (C=O) groups excluding carboxylic acids is 1. The van der Waals surface area contributed by atoms with E-state index in [1.807, 2.05) is 6.92 Å². The van der Waals surface area contributed by atoms with E-state index >= 15 is 0 Å². The van der Waals surface area contributed by atoms with Gasteiger partial charge in [-0.05, 0) is 37.1 Å². The van der Waals surface area contributed by atoms with Gasteiger partial charge in [0.15, 0.2) is 0 Å². The van der Waals surface area contributed by atoms with Gasteiger partial charge in [-0.3, -0.25) is 0 Å². The van der Waals surface area contributed by atoms with Crippen molar-refractivity contribution in [3.63, 3.8) is 0 Å². The minimum absolute atomic E-state index is 0.000103. The molecular weight excluding hydrogens is 268 g/mol. The zero-order valence-electron chi connectivity index (χ0n) is 12.8. The summed E-state index contributed by atoms with van der Waals surface area (Å²) in [6.07, 6.45) is 1.43. The molecule has 0 bridgehead atoms. The molecule has 0 aliphatic heterocycles. The lowest BCUT2D eigenvalue weighted by Crippen LogP contribution is -2.24. The topological polar surface area (TPSA) is 55.8 Å². The van der Waals surface area contributed by atoms with E-state index in [0.29, 0.717) is 18.6 Å². The smallest absolute Gasteiger partial charge is 0.337 e. The van der Waals surface area contributed by atoms with Crippen LogP contribution in [0.5, 0.6) is 0 Å². The molecule has 0 aliphatic rings. The molecule has 1 rings (SSSR count). The van der Waals surface area contributed by atoms with E-state index < -0.39 is 5.41 Å². The van der Waals surface area contributed by atoms with Gasteiger partial charge in [0.2, 0.25) is 0 Å². The molecule has 114 valence electrons. The van der Waals surface area contributed by atoms with Gasteiger partial charge in [0, 0.05) is 19.3 Å². The number of esters is 1. The van der Waals surface area contributed by atoms with Gasteiger partial charge >= 0.3 is 5.97 Å². The summed E-state index contributed by atoms with van der Waals surface area (Å²) in [6, 6.07) is 6.90. The first-order chi connectivity index (χ1) is 10.1. The lowest BCUT2D eigenvalue weighted by molar-refractivity contribution is 0.0600. The molecule has 21 heavy (non-hydrogen) atoms. The van der Waals surface area contributed by atoms with Crippen LogP contribution in [0.2, 0.25) is 0 Å². The van der Waals surface area contributed by atoms with Gasteiger partial charge in [0.1, 0.15) is 0 Å². The van der Waals surface area contributed by atoms with E-state index in [4.69, 9.17) is 4.74 Å². The number of methoxy groups -OCH3 is 2. The molecule has 0 fully saturated rings. The van der Waals surface area contributed by atoms with Crippen molar-refractivity contribution in [2.24, 2.45) is 5.41 Å². The van der Waals surface area contributed by atoms with Gasteiger partial charge < -0.3 is 14.6 Å². The number of hydrogen-bond donors (Lipinski definition) is 1. The Balaban J connectivity index is 2.90. The molecular formula is C17H22O4. The number of benzene rings is 1. The van der Waals surface area contributed by atoms with Crippen LogP contribution in [0.25, 0.3) is 0 Å². The Morgan fingerprint density at radius 1 is 1.29 bits per heavy atom. The number of aliphatic hydroxyl groups excluding tert-OH is 1. The van der Waals surface area contributed by atoms with Crippen LogP contribution in [-0.2, 0) is 9.47 Å². The molecule has 1 atom stereocenters. The highest BCUT2D eigenvalue weighted by Gasteiger charge is 2.24. The van der Waals surface area contributed by atoms with Crippen LogP contribution in [0.4, 0.5) is 0 Å². The summed E-state index contributed by atoms with van der Waals surface area (Å²) in [5, 5.41) is 9.61. The van der Waals surface area contributed by atoms with Gasteiger partial charge in [-0.15, -0.1) is 0 Å². The first-order valence-corrected chi connectivity index (χ1v) is 6.92. The van der Waals surface area contributed by atoms with Crippen LogP contribution < -0.4 is 0 Å². The second-order valence-corrected chi connectivity index (χ2v) is 4.85. The van der Waals surface area contributed by atoms with Crippen molar-refractivity contribution >= 4 is 5.97 Å². The Bertz CT molecular complexity index is 504. The van der Waals surface area contributed by atoms with Crippen molar-refractivity contribution in [3.05, 3.63) is 35.4 Å². The molecule has 0 saturated heterocycles. The van der Waals surface area contributed by atoms with Crippen LogP contribution in [0.15, 0.2) is 24.3 Å². The molecule has 0 aliphatic carbocycles. The molecule has 0 heterocycles. The quantitative estimate of drug-likeness (QED) is 0.645. The monoisotopic (exact) mass is 290 g/mol. The molecule has 0 aromatic heterocycles. The summed E-state index contributed by atoms with van der Waals surface area (Å²) in [7, 11) is 2.99. The molecule has 4 nitrogen and oxygen atoms in total. The number of rotatable bonds is 6. The van der Waals surface area contributed by atoms with Crippen LogP contribution in [0.3, 0.4) is 0 Å². The Labute approximate surface area is 126 Å². The van der Waals surface area contributed by atoms with E-state index in [2.05, 4.69) is 16.6 Å². The standard InChI is InChI=1S/C17H22O4/c1-4-17(13-18,11-12-20-2)10-9-14-5-7-15(8-6-14)16(19)21-3/h5-8,18H,4,11-13H2,1-3H3. The zero-order chi connectivity index (χ0) is 15.7. The highest BCUT2D eigenvalue weighted by atomic mass is 16.5. The fourth-order valence-electron chi connectivity index (χ4n) is 1.87. The zero-order valence-corrected chi connectivity index (χ0v) is 12.8. The Kier molecular flexibility index (Phi) is 6.93. The van der Waals surface area contributed by atoms with Gasteiger partial charge in [-0.1, -0.05) is 18.8 Å². The van der Waals surface area contributed by atoms with Crippen LogP contribution in [0.1, 0.15) is 35.7 Å². The van der Waals surface area contributed by atoms with Crippen LogP contribution in [-0.4, -0.2) is 38.5 Å². The molecule has 1 N–H and O–H groups in total. The van der Waals surface area contributed by atoms with Gasteiger partial charge in [-0.2, -0.15) is 0 Å². The molecule has 0 saturated carbocycles. The van der Waals surface area contributed by atoms with Crippen molar-refractivity contribution in [1.29, 1.82) is 0 Å². The third kappa shape index (κ3) is 4.89. The van der Waals surface area contributed by atoms with Crippen molar-refractivity contribution in [3.8, 4) is 11.8 Å². The van der Waals surface area contributed by atoms with Gasteiger partial charge in [0.25, 0.3) is 0 Å². The summed E-state index contributed by atoms with van der Waals surface area (Å²) in [4.78, 5) is 11.3. The minimum Gasteiger partial charge on any atom is -0.465 e. The Morgan fingerprint density at radius 3 is 2.43 bits per heavy atom. The molecule has 0 spiro atoms. The lowest BCUT2D eigenvalue weighted by Gasteiger charge is -2.24. The summed E-state index contributed by atoms with van der Waals surface area (Å²) in [5.41, 5.74) is 0.842. The van der Waals surface area contributed by atoms with Gasteiger partial charge in [0.05, 0.1) is 24.7 Å².